The molecule has 0 bridgehead atoms. The molecular formula is C14H21N3O. The number of nitrogens with two attached hydrogens (primary N) is 1. The predicted octanol–water partition coefficient (Wildman–Crippen LogP) is 1.20. The lowest BCUT2D eigenvalue weighted by molar-refractivity contribution is -0.129. The fourth-order valence-electron chi connectivity index (χ4n) is 2.49. The van der Waals surface area contributed by atoms with Crippen molar-refractivity contribution in [1.29, 1.82) is 0 Å². The van der Waals surface area contributed by atoms with Crippen LogP contribution >= 0.6 is 0 Å². The molecule has 4 heteroatoms. The second-order valence-corrected chi connectivity index (χ2v) is 4.96. The van der Waals surface area contributed by atoms with Gasteiger partial charge in [0.1, 0.15) is 6.04 Å². The maximum Gasteiger partial charge on any atom is 0.244 e. The fourth-order valence-corrected chi connectivity index (χ4v) is 2.49. The predicted molar refractivity (Wildman–Crippen MR) is 73.4 cm³/mol. The second-order valence-electron chi connectivity index (χ2n) is 4.96. The summed E-state index contributed by atoms with van der Waals surface area (Å²) in [5, 5.41) is 0. The van der Waals surface area contributed by atoms with Crippen molar-refractivity contribution >= 4 is 11.6 Å². The molecule has 1 unspecified atom stereocenters. The minimum atomic E-state index is -0.0203. The molecule has 1 amide bonds. The number of nitrogens with zero attached hydrogens (tertiary/aromatic N) is 2. The zero-order valence-corrected chi connectivity index (χ0v) is 11.1. The van der Waals surface area contributed by atoms with E-state index in [0.717, 1.165) is 30.6 Å². The maximum absolute atomic E-state index is 12.1. The first-order valence-corrected chi connectivity index (χ1v) is 6.40. The van der Waals surface area contributed by atoms with Crippen LogP contribution < -0.4 is 10.6 Å². The van der Waals surface area contributed by atoms with Crippen molar-refractivity contribution in [2.45, 2.75) is 25.4 Å². The molecule has 0 aliphatic carbocycles. The highest BCUT2D eigenvalue weighted by Crippen LogP contribution is 2.27. The van der Waals surface area contributed by atoms with E-state index >= 15 is 0 Å². The molecule has 1 atom stereocenters. The molecule has 1 aromatic carbocycles. The molecule has 0 radical (unpaired) electrons. The van der Waals surface area contributed by atoms with Crippen LogP contribution in [0.5, 0.6) is 0 Å². The molecule has 1 heterocycles. The molecule has 18 heavy (non-hydrogen) atoms. The Labute approximate surface area is 108 Å². The van der Waals surface area contributed by atoms with Gasteiger partial charge in [0.05, 0.1) is 0 Å². The van der Waals surface area contributed by atoms with E-state index < -0.39 is 0 Å². The third kappa shape index (κ3) is 2.48. The topological polar surface area (TPSA) is 49.6 Å². The molecule has 2 N–H and O–H groups in total. The van der Waals surface area contributed by atoms with E-state index in [0.29, 0.717) is 6.54 Å². The summed E-state index contributed by atoms with van der Waals surface area (Å²) in [4.78, 5) is 16.0. The molecule has 4 nitrogen and oxygen atoms in total. The van der Waals surface area contributed by atoms with E-state index in [1.807, 2.05) is 26.2 Å². The Morgan fingerprint density at radius 3 is 2.94 bits per heavy atom. The molecule has 1 aliphatic heterocycles. The van der Waals surface area contributed by atoms with Gasteiger partial charge in [-0.3, -0.25) is 4.79 Å². The van der Waals surface area contributed by atoms with Crippen molar-refractivity contribution in [1.82, 2.24) is 4.90 Å². The van der Waals surface area contributed by atoms with Crippen LogP contribution in [-0.2, 0) is 11.3 Å². The van der Waals surface area contributed by atoms with Crippen LogP contribution in [0.15, 0.2) is 24.3 Å². The Morgan fingerprint density at radius 1 is 1.50 bits per heavy atom. The quantitative estimate of drug-likeness (QED) is 0.873. The number of benzene rings is 1. The van der Waals surface area contributed by atoms with Crippen LogP contribution in [0.4, 0.5) is 5.69 Å². The average molecular weight is 247 g/mol. The van der Waals surface area contributed by atoms with Gasteiger partial charge in [0.15, 0.2) is 0 Å². The Morgan fingerprint density at radius 2 is 2.28 bits per heavy atom. The zero-order chi connectivity index (χ0) is 13.1. The second kappa shape index (κ2) is 5.40. The summed E-state index contributed by atoms with van der Waals surface area (Å²) < 4.78 is 0. The monoisotopic (exact) mass is 247 g/mol. The summed E-state index contributed by atoms with van der Waals surface area (Å²) >= 11 is 0. The van der Waals surface area contributed by atoms with Gasteiger partial charge >= 0.3 is 0 Å². The highest BCUT2D eigenvalue weighted by Gasteiger charge is 2.31. The van der Waals surface area contributed by atoms with E-state index in [1.165, 1.54) is 0 Å². The van der Waals surface area contributed by atoms with E-state index in [4.69, 9.17) is 5.73 Å². The summed E-state index contributed by atoms with van der Waals surface area (Å²) in [6.07, 6.45) is 2.00. The summed E-state index contributed by atoms with van der Waals surface area (Å²) in [6, 6.07) is 8.14. The first-order chi connectivity index (χ1) is 8.63. The summed E-state index contributed by atoms with van der Waals surface area (Å²) in [7, 11) is 3.63. The molecule has 0 spiro atoms. The van der Waals surface area contributed by atoms with Gasteiger partial charge in [0, 0.05) is 32.9 Å². The van der Waals surface area contributed by atoms with Crippen LogP contribution in [0.2, 0.25) is 0 Å². The first kappa shape index (κ1) is 12.9. The van der Waals surface area contributed by atoms with E-state index in [1.54, 1.807) is 4.90 Å². The number of anilines is 1. The van der Waals surface area contributed by atoms with E-state index in [-0.39, 0.29) is 11.9 Å². The Kier molecular flexibility index (Phi) is 3.87. The van der Waals surface area contributed by atoms with Gasteiger partial charge in [-0.25, -0.2) is 0 Å². The minimum Gasteiger partial charge on any atom is -0.360 e. The van der Waals surface area contributed by atoms with Crippen LogP contribution in [-0.4, -0.2) is 37.5 Å². The van der Waals surface area contributed by atoms with Gasteiger partial charge in [-0.1, -0.05) is 12.1 Å². The van der Waals surface area contributed by atoms with Crippen molar-refractivity contribution in [3.63, 3.8) is 0 Å². The van der Waals surface area contributed by atoms with Crippen molar-refractivity contribution < 1.29 is 4.79 Å². The minimum absolute atomic E-state index is 0.0203. The number of carbonyl (C=O) groups is 1. The Bertz CT molecular complexity index is 431. The highest BCUT2D eigenvalue weighted by molar-refractivity contribution is 5.85. The fraction of sp³-hybridized carbons (Fsp3) is 0.500. The normalized spacial score (nSPS) is 19.1. The molecule has 98 valence electrons. The molecule has 1 aromatic rings. The van der Waals surface area contributed by atoms with Crippen molar-refractivity contribution in [3.8, 4) is 0 Å². The summed E-state index contributed by atoms with van der Waals surface area (Å²) in [6.45, 7) is 1.48. The number of hydrogen-bond donors (Lipinski definition) is 1. The molecule has 1 fully saturated rings. The van der Waals surface area contributed by atoms with E-state index in [9.17, 15) is 4.79 Å². The van der Waals surface area contributed by atoms with Gasteiger partial charge in [-0.15, -0.1) is 0 Å². The summed E-state index contributed by atoms with van der Waals surface area (Å²) in [5.41, 5.74) is 7.88. The maximum atomic E-state index is 12.1. The highest BCUT2D eigenvalue weighted by atomic mass is 16.2. The van der Waals surface area contributed by atoms with Gasteiger partial charge in [-0.05, 0) is 30.5 Å². The van der Waals surface area contributed by atoms with E-state index in [2.05, 4.69) is 17.0 Å². The largest absolute Gasteiger partial charge is 0.360 e. The molecule has 0 aromatic heterocycles. The van der Waals surface area contributed by atoms with Crippen LogP contribution in [0, 0.1) is 0 Å². The third-order valence-corrected chi connectivity index (χ3v) is 3.46. The number of hydrogen-bond acceptors (Lipinski definition) is 3. The van der Waals surface area contributed by atoms with Gasteiger partial charge < -0.3 is 15.5 Å². The SMILES string of the molecule is CN(C)C(=O)C1CCCN1c1cccc(CN)c1. The van der Waals surface area contributed by atoms with Gasteiger partial charge in [-0.2, -0.15) is 0 Å². The number of amides is 1. The van der Waals surface area contributed by atoms with Gasteiger partial charge in [0.2, 0.25) is 5.91 Å². The number of likely N-dealkylation sites (N-methyl/N-ethyl adjacent to an activating group) is 1. The first-order valence-electron chi connectivity index (χ1n) is 6.40. The van der Waals surface area contributed by atoms with Crippen LogP contribution in [0.1, 0.15) is 18.4 Å². The zero-order valence-electron chi connectivity index (χ0n) is 11.1. The smallest absolute Gasteiger partial charge is 0.244 e. The van der Waals surface area contributed by atoms with Crippen molar-refractivity contribution in [3.05, 3.63) is 29.8 Å². The van der Waals surface area contributed by atoms with Crippen LogP contribution in [0.25, 0.3) is 0 Å². The lowest BCUT2D eigenvalue weighted by atomic mass is 10.1. The Balaban J connectivity index is 2.23. The van der Waals surface area contributed by atoms with Gasteiger partial charge in [0.25, 0.3) is 0 Å². The molecule has 0 saturated carbocycles. The average Bonchev–Trinajstić information content (AvgIpc) is 2.86. The molecule has 1 saturated heterocycles. The Hall–Kier alpha value is -1.55. The molecule has 1 aliphatic rings. The standard InChI is InChI=1S/C14H21N3O/c1-16(2)14(18)13-7-4-8-17(13)12-6-3-5-11(9-12)10-15/h3,5-6,9,13H,4,7-8,10,15H2,1-2H3. The lowest BCUT2D eigenvalue weighted by Gasteiger charge is -2.28. The lowest BCUT2D eigenvalue weighted by Crippen LogP contribution is -2.42. The number of rotatable bonds is 3. The summed E-state index contributed by atoms with van der Waals surface area (Å²) in [5.74, 6) is 0.186. The molecular weight excluding hydrogens is 226 g/mol. The number of carbonyl (C=O) groups excluding carboxylic acids is 1. The van der Waals surface area contributed by atoms with Crippen molar-refractivity contribution in [2.75, 3.05) is 25.5 Å². The third-order valence-electron chi connectivity index (χ3n) is 3.46. The molecule has 2 rings (SSSR count). The van der Waals surface area contributed by atoms with Crippen molar-refractivity contribution in [2.24, 2.45) is 5.73 Å². The van der Waals surface area contributed by atoms with Crippen LogP contribution in [0.3, 0.4) is 0 Å².